The average molecular weight is 284 g/mol. The number of aliphatic carboxylic acids is 1. The maximum absolute atomic E-state index is 12.1. The van der Waals surface area contributed by atoms with Crippen molar-refractivity contribution in [3.63, 3.8) is 0 Å². The van der Waals surface area contributed by atoms with E-state index in [1.165, 1.54) is 0 Å². The number of amides is 2. The van der Waals surface area contributed by atoms with E-state index in [0.29, 0.717) is 32.5 Å². The van der Waals surface area contributed by atoms with Crippen LogP contribution in [0.15, 0.2) is 0 Å². The van der Waals surface area contributed by atoms with Crippen LogP contribution < -0.4 is 5.32 Å². The van der Waals surface area contributed by atoms with E-state index in [0.717, 1.165) is 25.7 Å². The molecular weight excluding hydrogens is 260 g/mol. The second-order valence-corrected chi connectivity index (χ2v) is 5.85. The predicted molar refractivity (Wildman–Crippen MR) is 73.5 cm³/mol. The van der Waals surface area contributed by atoms with Crippen LogP contribution in [0, 0.1) is 5.92 Å². The van der Waals surface area contributed by atoms with Crippen LogP contribution >= 0.6 is 0 Å². The minimum atomic E-state index is -0.755. The summed E-state index contributed by atoms with van der Waals surface area (Å²) in [6.45, 7) is 1.58. The molecule has 0 bridgehead atoms. The molecule has 0 unspecified atom stereocenters. The predicted octanol–water partition coefficient (Wildman–Crippen LogP) is 1.45. The van der Waals surface area contributed by atoms with Gasteiger partial charge in [0.15, 0.2) is 0 Å². The van der Waals surface area contributed by atoms with Crippen LogP contribution in [0.2, 0.25) is 0 Å². The van der Waals surface area contributed by atoms with E-state index in [2.05, 4.69) is 5.32 Å². The molecule has 114 valence electrons. The molecule has 0 aromatic carbocycles. The maximum atomic E-state index is 12.1. The van der Waals surface area contributed by atoms with Gasteiger partial charge in [-0.05, 0) is 25.7 Å². The zero-order chi connectivity index (χ0) is 14.6. The molecule has 2 amide bonds. The third-order valence-electron chi connectivity index (χ3n) is 4.64. The van der Waals surface area contributed by atoms with Crippen molar-refractivity contribution in [1.29, 1.82) is 0 Å². The van der Waals surface area contributed by atoms with Crippen LogP contribution in [-0.2, 0) is 9.53 Å². The highest BCUT2D eigenvalue weighted by Crippen LogP contribution is 2.32. The van der Waals surface area contributed by atoms with Gasteiger partial charge in [-0.3, -0.25) is 4.79 Å². The van der Waals surface area contributed by atoms with E-state index in [4.69, 9.17) is 9.84 Å². The van der Waals surface area contributed by atoms with E-state index in [1.54, 1.807) is 12.0 Å². The molecule has 1 heterocycles. The molecule has 1 saturated heterocycles. The Kier molecular flexibility index (Phi) is 4.86. The molecule has 0 aromatic heterocycles. The summed E-state index contributed by atoms with van der Waals surface area (Å²) < 4.78 is 5.57. The van der Waals surface area contributed by atoms with Gasteiger partial charge >= 0.3 is 12.0 Å². The monoisotopic (exact) mass is 284 g/mol. The molecule has 2 aliphatic rings. The van der Waals surface area contributed by atoms with Gasteiger partial charge in [0, 0.05) is 26.7 Å². The van der Waals surface area contributed by atoms with Gasteiger partial charge in [0.25, 0.3) is 0 Å². The van der Waals surface area contributed by atoms with E-state index in [9.17, 15) is 9.59 Å². The average Bonchev–Trinajstić information content (AvgIpc) is 2.94. The Morgan fingerprint density at radius 1 is 1.30 bits per heavy atom. The minimum Gasteiger partial charge on any atom is -0.481 e. The number of hydrogen-bond donors (Lipinski definition) is 2. The molecule has 1 aliphatic heterocycles. The SMILES string of the molecule is COC1(CNC(=O)N2CCC(C(=O)O)CC2)CCCC1. The summed E-state index contributed by atoms with van der Waals surface area (Å²) in [6, 6.07) is -0.0998. The molecule has 1 saturated carbocycles. The van der Waals surface area contributed by atoms with Crippen LogP contribution in [0.25, 0.3) is 0 Å². The number of nitrogens with zero attached hydrogens (tertiary/aromatic N) is 1. The molecule has 0 radical (unpaired) electrons. The lowest BCUT2D eigenvalue weighted by atomic mass is 9.97. The molecule has 1 aliphatic carbocycles. The summed E-state index contributed by atoms with van der Waals surface area (Å²) in [5.74, 6) is -1.06. The first-order chi connectivity index (χ1) is 9.56. The number of carboxylic acids is 1. The van der Waals surface area contributed by atoms with E-state index in [1.807, 2.05) is 0 Å². The highest BCUT2D eigenvalue weighted by atomic mass is 16.5. The largest absolute Gasteiger partial charge is 0.481 e. The van der Waals surface area contributed by atoms with Gasteiger partial charge in [-0.25, -0.2) is 4.79 Å². The molecule has 0 spiro atoms. The number of urea groups is 1. The summed E-state index contributed by atoms with van der Waals surface area (Å²) in [5, 5.41) is 11.9. The lowest BCUT2D eigenvalue weighted by Crippen LogP contribution is -2.50. The zero-order valence-corrected chi connectivity index (χ0v) is 12.1. The lowest BCUT2D eigenvalue weighted by Gasteiger charge is -2.32. The van der Waals surface area contributed by atoms with Crippen LogP contribution in [0.5, 0.6) is 0 Å². The van der Waals surface area contributed by atoms with Crippen molar-refractivity contribution in [1.82, 2.24) is 10.2 Å². The number of carboxylic acid groups (broad SMARTS) is 1. The molecule has 20 heavy (non-hydrogen) atoms. The number of likely N-dealkylation sites (tertiary alicyclic amines) is 1. The third kappa shape index (κ3) is 3.42. The molecule has 0 atom stereocenters. The normalized spacial score (nSPS) is 22.8. The van der Waals surface area contributed by atoms with Crippen molar-refractivity contribution in [3.8, 4) is 0 Å². The zero-order valence-electron chi connectivity index (χ0n) is 12.1. The summed E-state index contributed by atoms with van der Waals surface area (Å²) >= 11 is 0. The summed E-state index contributed by atoms with van der Waals surface area (Å²) in [5.41, 5.74) is -0.199. The number of carbonyl (C=O) groups is 2. The number of carbonyl (C=O) groups excluding carboxylic acids is 1. The van der Waals surface area contributed by atoms with Gasteiger partial charge in [-0.15, -0.1) is 0 Å². The number of rotatable bonds is 4. The number of methoxy groups -OCH3 is 1. The fourth-order valence-electron chi connectivity index (χ4n) is 3.15. The van der Waals surface area contributed by atoms with Crippen molar-refractivity contribution in [3.05, 3.63) is 0 Å². The Labute approximate surface area is 119 Å². The highest BCUT2D eigenvalue weighted by Gasteiger charge is 2.35. The molecule has 2 rings (SSSR count). The first-order valence-electron chi connectivity index (χ1n) is 7.37. The molecule has 6 heteroatoms. The van der Waals surface area contributed by atoms with Crippen molar-refractivity contribution >= 4 is 12.0 Å². The van der Waals surface area contributed by atoms with Crippen LogP contribution in [0.3, 0.4) is 0 Å². The Morgan fingerprint density at radius 3 is 2.40 bits per heavy atom. The Bertz CT molecular complexity index is 358. The fourth-order valence-corrected chi connectivity index (χ4v) is 3.15. The van der Waals surface area contributed by atoms with Crippen molar-refractivity contribution in [2.75, 3.05) is 26.7 Å². The van der Waals surface area contributed by atoms with Gasteiger partial charge in [0.2, 0.25) is 0 Å². The summed E-state index contributed by atoms with van der Waals surface area (Å²) in [6.07, 6.45) is 5.35. The quantitative estimate of drug-likeness (QED) is 0.819. The number of hydrogen-bond acceptors (Lipinski definition) is 3. The number of ether oxygens (including phenoxy) is 1. The number of piperidine rings is 1. The summed E-state index contributed by atoms with van der Waals surface area (Å²) in [7, 11) is 1.70. The van der Waals surface area contributed by atoms with E-state index < -0.39 is 5.97 Å². The van der Waals surface area contributed by atoms with Gasteiger partial charge < -0.3 is 20.1 Å². The molecular formula is C14H24N2O4. The van der Waals surface area contributed by atoms with Crippen LogP contribution in [-0.4, -0.2) is 54.4 Å². The van der Waals surface area contributed by atoms with Gasteiger partial charge in [0.05, 0.1) is 11.5 Å². The fraction of sp³-hybridized carbons (Fsp3) is 0.857. The van der Waals surface area contributed by atoms with Crippen molar-refractivity contribution < 1.29 is 19.4 Å². The molecule has 2 N–H and O–H groups in total. The topological polar surface area (TPSA) is 78.9 Å². The smallest absolute Gasteiger partial charge is 0.317 e. The second-order valence-electron chi connectivity index (χ2n) is 5.85. The first kappa shape index (κ1) is 15.1. The third-order valence-corrected chi connectivity index (χ3v) is 4.64. The van der Waals surface area contributed by atoms with Crippen molar-refractivity contribution in [2.24, 2.45) is 5.92 Å². The Balaban J connectivity index is 1.77. The van der Waals surface area contributed by atoms with Crippen LogP contribution in [0.1, 0.15) is 38.5 Å². The Morgan fingerprint density at radius 2 is 1.90 bits per heavy atom. The highest BCUT2D eigenvalue weighted by molar-refractivity contribution is 5.75. The molecule has 6 nitrogen and oxygen atoms in total. The van der Waals surface area contributed by atoms with E-state index in [-0.39, 0.29) is 17.6 Å². The van der Waals surface area contributed by atoms with Crippen LogP contribution in [0.4, 0.5) is 4.79 Å². The lowest BCUT2D eigenvalue weighted by molar-refractivity contribution is -0.143. The van der Waals surface area contributed by atoms with Gasteiger partial charge in [-0.1, -0.05) is 12.8 Å². The van der Waals surface area contributed by atoms with Crippen molar-refractivity contribution in [2.45, 2.75) is 44.1 Å². The second kappa shape index (κ2) is 6.43. The standard InChI is InChI=1S/C14H24N2O4/c1-20-14(6-2-3-7-14)10-15-13(19)16-8-4-11(5-9-16)12(17)18/h11H,2-10H2,1H3,(H,15,19)(H,17,18). The first-order valence-corrected chi connectivity index (χ1v) is 7.37. The molecule has 2 fully saturated rings. The maximum Gasteiger partial charge on any atom is 0.317 e. The van der Waals surface area contributed by atoms with Gasteiger partial charge in [-0.2, -0.15) is 0 Å². The Hall–Kier alpha value is -1.30. The van der Waals surface area contributed by atoms with E-state index >= 15 is 0 Å². The minimum absolute atomic E-state index is 0.0998. The van der Waals surface area contributed by atoms with Gasteiger partial charge in [0.1, 0.15) is 0 Å². The molecule has 0 aromatic rings. The number of nitrogens with one attached hydrogen (secondary N) is 1. The summed E-state index contributed by atoms with van der Waals surface area (Å²) in [4.78, 5) is 24.7.